The van der Waals surface area contributed by atoms with Crippen molar-refractivity contribution in [1.29, 1.82) is 0 Å². The van der Waals surface area contributed by atoms with Gasteiger partial charge in [-0.15, -0.1) is 11.3 Å². The summed E-state index contributed by atoms with van der Waals surface area (Å²) in [7, 11) is 2.19. The van der Waals surface area contributed by atoms with Gasteiger partial charge in [0.05, 0.1) is 22.8 Å². The number of fused-ring (bicyclic) bond motifs is 3. The Bertz CT molecular complexity index is 1550. The lowest BCUT2D eigenvalue weighted by atomic mass is 10.0. The quantitative estimate of drug-likeness (QED) is 0.311. The average molecular weight is 542 g/mol. The monoisotopic (exact) mass is 541 g/mol. The van der Waals surface area contributed by atoms with Gasteiger partial charge in [0.2, 0.25) is 0 Å². The van der Waals surface area contributed by atoms with Crippen LogP contribution in [0.15, 0.2) is 53.9 Å². The zero-order valence-electron chi connectivity index (χ0n) is 21.2. The van der Waals surface area contributed by atoms with Gasteiger partial charge in [0.15, 0.2) is 0 Å². The molecule has 2 N–H and O–H groups in total. The second-order valence-electron chi connectivity index (χ2n) is 9.87. The Kier molecular flexibility index (Phi) is 7.05. The van der Waals surface area contributed by atoms with Crippen molar-refractivity contribution in [3.63, 3.8) is 0 Å². The highest BCUT2D eigenvalue weighted by Crippen LogP contribution is 2.41. The first-order valence-electron chi connectivity index (χ1n) is 12.8. The second-order valence-corrected chi connectivity index (χ2v) is 11.2. The van der Waals surface area contributed by atoms with Crippen LogP contribution in [0.5, 0.6) is 0 Å². The molecule has 0 radical (unpaired) electrons. The average Bonchev–Trinajstić information content (AvgIpc) is 3.63. The molecule has 0 unspecified atom stereocenters. The molecule has 1 aliphatic carbocycles. The summed E-state index contributed by atoms with van der Waals surface area (Å²) in [5.41, 5.74) is 8.96. The van der Waals surface area contributed by atoms with Gasteiger partial charge in [-0.1, -0.05) is 41.6 Å². The number of rotatable bonds is 5. The number of halogens is 1. The van der Waals surface area contributed by atoms with Crippen LogP contribution in [0.25, 0.3) is 22.5 Å². The maximum absolute atomic E-state index is 12.3. The molecule has 2 aromatic carbocycles. The molecular weight excluding hydrogens is 514 g/mol. The molecular formula is C30H28ClN5OS. The molecule has 0 bridgehead atoms. The van der Waals surface area contributed by atoms with Crippen molar-refractivity contribution in [3.8, 4) is 34.4 Å². The maximum Gasteiger partial charge on any atom is 0.252 e. The number of hydrogen-bond acceptors (Lipinski definition) is 5. The van der Waals surface area contributed by atoms with Crippen molar-refractivity contribution < 1.29 is 4.79 Å². The highest BCUT2D eigenvalue weighted by molar-refractivity contribution is 7.11. The van der Waals surface area contributed by atoms with E-state index in [1.54, 1.807) is 35.6 Å². The lowest BCUT2D eigenvalue weighted by molar-refractivity contribution is 0.0958. The summed E-state index contributed by atoms with van der Waals surface area (Å²) in [6, 6.07) is 15.8. The number of amides is 1. The molecule has 1 saturated heterocycles. The first-order chi connectivity index (χ1) is 18.5. The molecule has 0 atom stereocenters. The van der Waals surface area contributed by atoms with Gasteiger partial charge in [-0.25, -0.2) is 0 Å². The zero-order chi connectivity index (χ0) is 26.1. The number of nitrogens with one attached hydrogen (secondary N) is 2. The van der Waals surface area contributed by atoms with Crippen molar-refractivity contribution >= 4 is 28.8 Å². The Morgan fingerprint density at radius 3 is 2.87 bits per heavy atom. The molecule has 2 aromatic heterocycles. The van der Waals surface area contributed by atoms with E-state index in [0.29, 0.717) is 10.6 Å². The van der Waals surface area contributed by atoms with Crippen molar-refractivity contribution in [2.24, 2.45) is 0 Å². The first-order valence-corrected chi connectivity index (χ1v) is 14.0. The van der Waals surface area contributed by atoms with Crippen LogP contribution in [0.2, 0.25) is 5.02 Å². The molecule has 38 heavy (non-hydrogen) atoms. The molecule has 1 fully saturated rings. The fourth-order valence-electron chi connectivity index (χ4n) is 5.08. The molecule has 8 heteroatoms. The predicted molar refractivity (Wildman–Crippen MR) is 154 cm³/mol. The summed E-state index contributed by atoms with van der Waals surface area (Å²) in [5.74, 6) is 6.02. The summed E-state index contributed by atoms with van der Waals surface area (Å²) in [6.07, 6.45) is 0.887. The third-order valence-corrected chi connectivity index (χ3v) is 8.27. The number of carbonyl (C=O) groups is 1. The summed E-state index contributed by atoms with van der Waals surface area (Å²) < 4.78 is 0. The van der Waals surface area contributed by atoms with Gasteiger partial charge in [-0.05, 0) is 48.5 Å². The van der Waals surface area contributed by atoms with Gasteiger partial charge in [0, 0.05) is 71.8 Å². The van der Waals surface area contributed by atoms with E-state index in [4.69, 9.17) is 11.6 Å². The molecule has 6 rings (SSSR count). The third-order valence-electron chi connectivity index (χ3n) is 7.19. The van der Waals surface area contributed by atoms with Crippen LogP contribution in [0, 0.1) is 11.8 Å². The number of hydrogen-bond donors (Lipinski definition) is 2. The topological polar surface area (TPSA) is 64.3 Å². The lowest BCUT2D eigenvalue weighted by Crippen LogP contribution is -2.43. The SMILES string of the molecule is CN1CCN(Cc2ccc3c(c2)-c2[nH]nc(-c4csc(C#CCNC(=O)c5cccc(Cl)c5)c4)c2C3)CC1. The van der Waals surface area contributed by atoms with E-state index >= 15 is 0 Å². The number of benzene rings is 2. The minimum Gasteiger partial charge on any atom is -0.341 e. The van der Waals surface area contributed by atoms with E-state index < -0.39 is 0 Å². The highest BCUT2D eigenvalue weighted by atomic mass is 35.5. The van der Waals surface area contributed by atoms with E-state index in [0.717, 1.165) is 61.0 Å². The first kappa shape index (κ1) is 24.9. The van der Waals surface area contributed by atoms with Crippen LogP contribution in [-0.4, -0.2) is 65.7 Å². The smallest absolute Gasteiger partial charge is 0.252 e. The van der Waals surface area contributed by atoms with Gasteiger partial charge in [0.25, 0.3) is 5.91 Å². The van der Waals surface area contributed by atoms with E-state index in [1.165, 1.54) is 22.3 Å². The van der Waals surface area contributed by atoms with Crippen LogP contribution < -0.4 is 5.32 Å². The predicted octanol–water partition coefficient (Wildman–Crippen LogP) is 4.89. The fourth-order valence-corrected chi connectivity index (χ4v) is 6.03. The Balaban J connectivity index is 1.11. The lowest BCUT2D eigenvalue weighted by Gasteiger charge is -2.32. The Hall–Kier alpha value is -3.41. The van der Waals surface area contributed by atoms with Gasteiger partial charge < -0.3 is 10.2 Å². The van der Waals surface area contributed by atoms with Crippen LogP contribution in [-0.2, 0) is 13.0 Å². The molecule has 192 valence electrons. The number of aromatic amines is 1. The second kappa shape index (κ2) is 10.8. The number of piperazine rings is 1. The van der Waals surface area contributed by atoms with Crippen LogP contribution in [0.1, 0.15) is 31.9 Å². The largest absolute Gasteiger partial charge is 0.341 e. The van der Waals surface area contributed by atoms with Crippen LogP contribution in [0.4, 0.5) is 0 Å². The fraction of sp³-hybridized carbons (Fsp3) is 0.267. The molecule has 4 aromatic rings. The summed E-state index contributed by atoms with van der Waals surface area (Å²) in [6.45, 7) is 5.74. The Morgan fingerprint density at radius 2 is 2.03 bits per heavy atom. The number of H-pyrrole nitrogens is 1. The number of likely N-dealkylation sites (N-methyl/N-ethyl adjacent to an activating group) is 1. The maximum atomic E-state index is 12.3. The number of aromatic nitrogens is 2. The van der Waals surface area contributed by atoms with Crippen LogP contribution >= 0.6 is 22.9 Å². The summed E-state index contributed by atoms with van der Waals surface area (Å²) in [5, 5.41) is 13.5. The minimum atomic E-state index is -0.188. The molecule has 1 aliphatic heterocycles. The van der Waals surface area contributed by atoms with Gasteiger partial charge in [-0.2, -0.15) is 5.10 Å². The van der Waals surface area contributed by atoms with E-state index in [9.17, 15) is 4.79 Å². The van der Waals surface area contributed by atoms with E-state index in [2.05, 4.69) is 73.8 Å². The van der Waals surface area contributed by atoms with Gasteiger partial charge >= 0.3 is 0 Å². The standard InChI is InChI=1S/C30H28ClN5OS/c1-35-10-12-36(13-11-35)18-20-7-8-21-17-27-28(33-34-29(27)26(21)14-20)23-16-25(38-19-23)6-3-9-32-30(37)22-4-2-5-24(31)15-22/h2,4-5,7-8,14-16,19H,9-13,17-18H2,1H3,(H,32,37)(H,33,34). The molecule has 0 spiro atoms. The minimum absolute atomic E-state index is 0.188. The highest BCUT2D eigenvalue weighted by Gasteiger charge is 2.26. The van der Waals surface area contributed by atoms with Crippen LogP contribution in [0.3, 0.4) is 0 Å². The van der Waals surface area contributed by atoms with Crippen molar-refractivity contribution in [2.75, 3.05) is 39.8 Å². The zero-order valence-corrected chi connectivity index (χ0v) is 22.8. The van der Waals surface area contributed by atoms with Gasteiger partial charge in [0.1, 0.15) is 0 Å². The van der Waals surface area contributed by atoms with Crippen molar-refractivity contribution in [3.05, 3.63) is 86.1 Å². The molecule has 3 heterocycles. The van der Waals surface area contributed by atoms with E-state index in [-0.39, 0.29) is 12.5 Å². The molecule has 1 amide bonds. The van der Waals surface area contributed by atoms with Crippen molar-refractivity contribution in [1.82, 2.24) is 25.3 Å². The summed E-state index contributed by atoms with van der Waals surface area (Å²) in [4.78, 5) is 18.1. The number of nitrogens with zero attached hydrogens (tertiary/aromatic N) is 3. The Morgan fingerprint density at radius 1 is 1.16 bits per heavy atom. The molecule has 2 aliphatic rings. The molecule has 6 nitrogen and oxygen atoms in total. The van der Waals surface area contributed by atoms with E-state index in [1.807, 2.05) is 0 Å². The Labute approximate surface area is 231 Å². The van der Waals surface area contributed by atoms with Gasteiger partial charge in [-0.3, -0.25) is 14.8 Å². The van der Waals surface area contributed by atoms with Crippen molar-refractivity contribution in [2.45, 2.75) is 13.0 Å². The normalized spacial score (nSPS) is 15.0. The number of thiophene rings is 1. The third kappa shape index (κ3) is 5.27. The number of carbonyl (C=O) groups excluding carboxylic acids is 1. The molecule has 0 saturated carbocycles. The summed E-state index contributed by atoms with van der Waals surface area (Å²) >= 11 is 7.56.